The van der Waals surface area contributed by atoms with E-state index in [1.165, 1.54) is 0 Å². The lowest BCUT2D eigenvalue weighted by atomic mass is 10.2. The number of thiazole rings is 1. The second kappa shape index (κ2) is 6.82. The van der Waals surface area contributed by atoms with Gasteiger partial charge in [-0.1, -0.05) is 6.92 Å². The van der Waals surface area contributed by atoms with Gasteiger partial charge in [-0.05, 0) is 24.6 Å². The van der Waals surface area contributed by atoms with Crippen molar-refractivity contribution in [1.82, 2.24) is 4.98 Å². The number of hydrogen-bond donors (Lipinski definition) is 1. The maximum Gasteiger partial charge on any atom is 0.161 e. The summed E-state index contributed by atoms with van der Waals surface area (Å²) >= 11 is 5.84. The molecule has 0 radical (unpaired) electrons. The van der Waals surface area contributed by atoms with Gasteiger partial charge in [0.1, 0.15) is 5.01 Å². The Balaban J connectivity index is 2.27. The maximum atomic E-state index is 5.64. The van der Waals surface area contributed by atoms with Gasteiger partial charge in [-0.25, -0.2) is 4.98 Å². The Bertz CT molecular complexity index is 540. The highest BCUT2D eigenvalue weighted by Gasteiger charge is 2.09. The predicted octanol–water partition coefficient (Wildman–Crippen LogP) is 4.04. The third kappa shape index (κ3) is 3.42. The highest BCUT2D eigenvalue weighted by molar-refractivity contribution is 7.79. The Labute approximate surface area is 123 Å². The SMILES string of the molecule is CCCOc1ccc(-c2nc(CS)cs2)cc1OC. The molecule has 0 atom stereocenters. The number of ether oxygens (including phenoxy) is 2. The van der Waals surface area contributed by atoms with Crippen molar-refractivity contribution in [3.8, 4) is 22.1 Å². The van der Waals surface area contributed by atoms with Crippen molar-refractivity contribution >= 4 is 24.0 Å². The van der Waals surface area contributed by atoms with Crippen LogP contribution in [0.3, 0.4) is 0 Å². The fourth-order valence-corrected chi connectivity index (χ4v) is 2.75. The molecule has 102 valence electrons. The summed E-state index contributed by atoms with van der Waals surface area (Å²) in [5, 5.41) is 3.00. The first-order chi connectivity index (χ1) is 9.28. The van der Waals surface area contributed by atoms with Gasteiger partial charge in [0.25, 0.3) is 0 Å². The van der Waals surface area contributed by atoms with E-state index < -0.39 is 0 Å². The highest BCUT2D eigenvalue weighted by Crippen LogP contribution is 2.34. The average Bonchev–Trinajstić information content (AvgIpc) is 2.93. The minimum Gasteiger partial charge on any atom is -0.493 e. The summed E-state index contributed by atoms with van der Waals surface area (Å²) in [5.41, 5.74) is 2.03. The largest absolute Gasteiger partial charge is 0.493 e. The van der Waals surface area contributed by atoms with Crippen LogP contribution in [-0.2, 0) is 5.75 Å². The number of rotatable bonds is 6. The number of thiol groups is 1. The summed E-state index contributed by atoms with van der Waals surface area (Å²) in [4.78, 5) is 4.51. The van der Waals surface area contributed by atoms with E-state index in [1.807, 2.05) is 23.6 Å². The van der Waals surface area contributed by atoms with E-state index in [4.69, 9.17) is 9.47 Å². The monoisotopic (exact) mass is 295 g/mol. The van der Waals surface area contributed by atoms with Gasteiger partial charge < -0.3 is 9.47 Å². The quantitative estimate of drug-likeness (QED) is 0.816. The van der Waals surface area contributed by atoms with Gasteiger partial charge in [-0.2, -0.15) is 12.6 Å². The van der Waals surface area contributed by atoms with Crippen LogP contribution in [-0.4, -0.2) is 18.7 Å². The topological polar surface area (TPSA) is 31.4 Å². The number of hydrogen-bond acceptors (Lipinski definition) is 5. The van der Waals surface area contributed by atoms with Gasteiger partial charge >= 0.3 is 0 Å². The van der Waals surface area contributed by atoms with E-state index >= 15 is 0 Å². The van der Waals surface area contributed by atoms with Crippen LogP contribution < -0.4 is 9.47 Å². The molecular formula is C14H17NO2S2. The molecule has 0 unspecified atom stereocenters. The summed E-state index contributed by atoms with van der Waals surface area (Å²) in [7, 11) is 1.65. The van der Waals surface area contributed by atoms with Crippen LogP contribution in [0.4, 0.5) is 0 Å². The third-order valence-electron chi connectivity index (χ3n) is 2.59. The normalized spacial score (nSPS) is 10.5. The molecule has 1 aromatic heterocycles. The van der Waals surface area contributed by atoms with E-state index in [0.717, 1.165) is 34.2 Å². The smallest absolute Gasteiger partial charge is 0.161 e. The first-order valence-corrected chi connectivity index (χ1v) is 7.66. The molecule has 19 heavy (non-hydrogen) atoms. The second-order valence-electron chi connectivity index (χ2n) is 4.02. The van der Waals surface area contributed by atoms with Gasteiger partial charge in [-0.3, -0.25) is 0 Å². The molecule has 2 rings (SSSR count). The zero-order chi connectivity index (χ0) is 13.7. The first-order valence-electron chi connectivity index (χ1n) is 6.15. The van der Waals surface area contributed by atoms with Crippen molar-refractivity contribution in [1.29, 1.82) is 0 Å². The molecular weight excluding hydrogens is 278 g/mol. The summed E-state index contributed by atoms with van der Waals surface area (Å²) < 4.78 is 11.0. The van der Waals surface area contributed by atoms with E-state index in [0.29, 0.717) is 12.4 Å². The minimum atomic E-state index is 0.658. The average molecular weight is 295 g/mol. The maximum absolute atomic E-state index is 5.64. The molecule has 0 aliphatic rings. The summed E-state index contributed by atoms with van der Waals surface area (Å²) in [6.45, 7) is 2.77. The molecule has 5 heteroatoms. The van der Waals surface area contributed by atoms with Crippen LogP contribution in [0.25, 0.3) is 10.6 Å². The molecule has 3 nitrogen and oxygen atoms in total. The molecule has 0 amide bonds. The molecule has 0 aliphatic carbocycles. The fourth-order valence-electron chi connectivity index (χ4n) is 1.64. The molecule has 0 bridgehead atoms. The van der Waals surface area contributed by atoms with Crippen molar-refractivity contribution in [2.24, 2.45) is 0 Å². The molecule has 0 fully saturated rings. The number of methoxy groups -OCH3 is 1. The molecule has 0 saturated heterocycles. The lowest BCUT2D eigenvalue weighted by Crippen LogP contribution is -1.97. The third-order valence-corrected chi connectivity index (χ3v) is 3.85. The van der Waals surface area contributed by atoms with E-state index in [2.05, 4.69) is 24.5 Å². The van der Waals surface area contributed by atoms with Crippen molar-refractivity contribution in [3.05, 3.63) is 29.3 Å². The Morgan fingerprint density at radius 1 is 1.32 bits per heavy atom. The molecule has 0 N–H and O–H groups in total. The molecule has 1 aromatic carbocycles. The zero-order valence-corrected chi connectivity index (χ0v) is 12.8. The Hall–Kier alpha value is -1.20. The second-order valence-corrected chi connectivity index (χ2v) is 5.19. The van der Waals surface area contributed by atoms with Crippen molar-refractivity contribution in [2.45, 2.75) is 19.1 Å². The summed E-state index contributed by atoms with van der Waals surface area (Å²) in [6.07, 6.45) is 0.975. The van der Waals surface area contributed by atoms with E-state index in [1.54, 1.807) is 18.4 Å². The van der Waals surface area contributed by atoms with Gasteiger partial charge in [0.05, 0.1) is 19.4 Å². The van der Waals surface area contributed by atoms with Crippen LogP contribution in [0.5, 0.6) is 11.5 Å². The van der Waals surface area contributed by atoms with Crippen LogP contribution in [0.1, 0.15) is 19.0 Å². The number of nitrogens with zero attached hydrogens (tertiary/aromatic N) is 1. The summed E-state index contributed by atoms with van der Waals surface area (Å²) in [5.74, 6) is 2.18. The lowest BCUT2D eigenvalue weighted by molar-refractivity contribution is 0.294. The minimum absolute atomic E-state index is 0.658. The van der Waals surface area contributed by atoms with Crippen LogP contribution in [0.15, 0.2) is 23.6 Å². The van der Waals surface area contributed by atoms with Crippen LogP contribution >= 0.6 is 24.0 Å². The Morgan fingerprint density at radius 3 is 2.79 bits per heavy atom. The van der Waals surface area contributed by atoms with Gasteiger partial charge in [0, 0.05) is 16.7 Å². The number of benzene rings is 1. The zero-order valence-electron chi connectivity index (χ0n) is 11.0. The molecule has 0 spiro atoms. The van der Waals surface area contributed by atoms with Crippen molar-refractivity contribution < 1.29 is 9.47 Å². The lowest BCUT2D eigenvalue weighted by Gasteiger charge is -2.10. The Morgan fingerprint density at radius 2 is 2.16 bits per heavy atom. The summed E-state index contributed by atoms with van der Waals surface area (Å²) in [6, 6.07) is 5.91. The standard InChI is InChI=1S/C14H17NO2S2/c1-3-6-17-12-5-4-10(7-13(12)16-2)14-15-11(8-18)9-19-14/h4-5,7,9,18H,3,6,8H2,1-2H3. The first kappa shape index (κ1) is 14.2. The number of aromatic nitrogens is 1. The van der Waals surface area contributed by atoms with Gasteiger partial charge in [-0.15, -0.1) is 11.3 Å². The molecule has 0 saturated carbocycles. The predicted molar refractivity (Wildman–Crippen MR) is 82.6 cm³/mol. The van der Waals surface area contributed by atoms with Crippen LogP contribution in [0, 0.1) is 0 Å². The molecule has 1 heterocycles. The van der Waals surface area contributed by atoms with Crippen molar-refractivity contribution in [3.63, 3.8) is 0 Å². The van der Waals surface area contributed by atoms with Gasteiger partial charge in [0.15, 0.2) is 11.5 Å². The molecule has 2 aromatic rings. The van der Waals surface area contributed by atoms with Gasteiger partial charge in [0.2, 0.25) is 0 Å². The van der Waals surface area contributed by atoms with E-state index in [9.17, 15) is 0 Å². The van der Waals surface area contributed by atoms with Crippen LogP contribution in [0.2, 0.25) is 0 Å². The Kier molecular flexibility index (Phi) is 5.10. The van der Waals surface area contributed by atoms with Crippen molar-refractivity contribution in [2.75, 3.05) is 13.7 Å². The van der Waals surface area contributed by atoms with E-state index in [-0.39, 0.29) is 0 Å². The highest BCUT2D eigenvalue weighted by atomic mass is 32.1. The fraction of sp³-hybridized carbons (Fsp3) is 0.357. The molecule has 0 aliphatic heterocycles.